The monoisotopic (exact) mass is 270 g/mol. The van der Waals surface area contributed by atoms with Gasteiger partial charge in [0.05, 0.1) is 11.3 Å². The molecule has 0 unspecified atom stereocenters. The summed E-state index contributed by atoms with van der Waals surface area (Å²) in [5.41, 5.74) is 3.38. The molecule has 1 fully saturated rings. The van der Waals surface area contributed by atoms with Gasteiger partial charge in [-0.1, -0.05) is 6.07 Å². The van der Waals surface area contributed by atoms with E-state index in [1.165, 1.54) is 0 Å². The van der Waals surface area contributed by atoms with Crippen molar-refractivity contribution in [3.63, 3.8) is 0 Å². The fourth-order valence-electron chi connectivity index (χ4n) is 2.45. The SMILES string of the molecule is Cc1n[nH]c(C)c1C(=O)N(Cc1cccnc1)C1CC1. The number of H-pyrrole nitrogens is 1. The van der Waals surface area contributed by atoms with Crippen LogP contribution in [0.4, 0.5) is 0 Å². The van der Waals surface area contributed by atoms with Crippen molar-refractivity contribution in [1.82, 2.24) is 20.1 Å². The third kappa shape index (κ3) is 2.43. The summed E-state index contributed by atoms with van der Waals surface area (Å²) < 4.78 is 0. The Bertz CT molecular complexity index is 597. The molecule has 0 spiro atoms. The summed E-state index contributed by atoms with van der Waals surface area (Å²) in [5, 5.41) is 7.01. The lowest BCUT2D eigenvalue weighted by atomic mass is 10.1. The molecule has 1 aliphatic rings. The van der Waals surface area contributed by atoms with E-state index in [1.54, 1.807) is 6.20 Å². The molecular formula is C15H18N4O. The third-order valence-electron chi connectivity index (χ3n) is 3.67. The Balaban J connectivity index is 1.86. The molecule has 0 aliphatic heterocycles. The Hall–Kier alpha value is -2.17. The van der Waals surface area contributed by atoms with Crippen LogP contribution in [-0.2, 0) is 6.54 Å². The molecule has 5 nitrogen and oxygen atoms in total. The fraction of sp³-hybridized carbons (Fsp3) is 0.400. The van der Waals surface area contributed by atoms with Crippen molar-refractivity contribution < 1.29 is 4.79 Å². The minimum absolute atomic E-state index is 0.0695. The number of carbonyl (C=O) groups excluding carboxylic acids is 1. The number of nitrogens with zero attached hydrogens (tertiary/aromatic N) is 3. The van der Waals surface area contributed by atoms with Crippen LogP contribution >= 0.6 is 0 Å². The van der Waals surface area contributed by atoms with Gasteiger partial charge in [0.1, 0.15) is 0 Å². The highest BCUT2D eigenvalue weighted by Gasteiger charge is 2.34. The molecule has 104 valence electrons. The molecule has 0 atom stereocenters. The van der Waals surface area contributed by atoms with E-state index in [4.69, 9.17) is 0 Å². The summed E-state index contributed by atoms with van der Waals surface area (Å²) in [7, 11) is 0. The zero-order valence-electron chi connectivity index (χ0n) is 11.8. The highest BCUT2D eigenvalue weighted by atomic mass is 16.2. The largest absolute Gasteiger partial charge is 0.331 e. The number of nitrogens with one attached hydrogen (secondary N) is 1. The van der Waals surface area contributed by atoms with E-state index >= 15 is 0 Å². The molecule has 3 rings (SSSR count). The van der Waals surface area contributed by atoms with Gasteiger partial charge in [0.25, 0.3) is 5.91 Å². The summed E-state index contributed by atoms with van der Waals surface area (Å²) >= 11 is 0. The first-order valence-corrected chi connectivity index (χ1v) is 6.88. The number of carbonyl (C=O) groups is 1. The van der Waals surface area contributed by atoms with Crippen LogP contribution in [0.25, 0.3) is 0 Å². The smallest absolute Gasteiger partial charge is 0.258 e. The van der Waals surface area contributed by atoms with Crippen LogP contribution in [0.3, 0.4) is 0 Å². The molecular weight excluding hydrogens is 252 g/mol. The molecule has 1 saturated carbocycles. The first kappa shape index (κ1) is 12.8. The van der Waals surface area contributed by atoms with Crippen molar-refractivity contribution in [2.45, 2.75) is 39.3 Å². The maximum absolute atomic E-state index is 12.8. The molecule has 1 amide bonds. The average molecular weight is 270 g/mol. The lowest BCUT2D eigenvalue weighted by molar-refractivity contribution is 0.0728. The van der Waals surface area contributed by atoms with E-state index in [1.807, 2.05) is 37.1 Å². The molecule has 2 aromatic rings. The predicted molar refractivity (Wildman–Crippen MR) is 75.2 cm³/mol. The number of aromatic nitrogens is 3. The minimum atomic E-state index is 0.0695. The highest BCUT2D eigenvalue weighted by molar-refractivity contribution is 5.96. The maximum atomic E-state index is 12.8. The van der Waals surface area contributed by atoms with E-state index in [0.29, 0.717) is 18.2 Å². The van der Waals surface area contributed by atoms with Crippen molar-refractivity contribution in [2.75, 3.05) is 0 Å². The Kier molecular flexibility index (Phi) is 3.26. The molecule has 0 radical (unpaired) electrons. The van der Waals surface area contributed by atoms with Crippen LogP contribution in [-0.4, -0.2) is 32.0 Å². The van der Waals surface area contributed by atoms with Crippen molar-refractivity contribution >= 4 is 5.91 Å². The highest BCUT2D eigenvalue weighted by Crippen LogP contribution is 2.30. The van der Waals surface area contributed by atoms with E-state index in [-0.39, 0.29) is 5.91 Å². The number of aromatic amines is 1. The van der Waals surface area contributed by atoms with Crippen molar-refractivity contribution in [1.29, 1.82) is 0 Å². The molecule has 2 aromatic heterocycles. The lowest BCUT2D eigenvalue weighted by Gasteiger charge is -2.22. The standard InChI is InChI=1S/C15H18N4O/c1-10-14(11(2)18-17-10)15(20)19(13-5-6-13)9-12-4-3-7-16-8-12/h3-4,7-8,13H,5-6,9H2,1-2H3,(H,17,18). The maximum Gasteiger partial charge on any atom is 0.258 e. The van der Waals surface area contributed by atoms with Crippen LogP contribution < -0.4 is 0 Å². The van der Waals surface area contributed by atoms with Gasteiger partial charge in [-0.3, -0.25) is 14.9 Å². The quantitative estimate of drug-likeness (QED) is 0.926. The fourth-order valence-corrected chi connectivity index (χ4v) is 2.45. The summed E-state index contributed by atoms with van der Waals surface area (Å²) in [5.74, 6) is 0.0695. The first-order valence-electron chi connectivity index (χ1n) is 6.88. The molecule has 1 N–H and O–H groups in total. The first-order chi connectivity index (χ1) is 9.66. The molecule has 1 aliphatic carbocycles. The topological polar surface area (TPSA) is 61.9 Å². The number of pyridine rings is 1. The van der Waals surface area contributed by atoms with Gasteiger partial charge >= 0.3 is 0 Å². The summed E-state index contributed by atoms with van der Waals surface area (Å²) in [6, 6.07) is 4.26. The van der Waals surface area contributed by atoms with Gasteiger partial charge in [-0.2, -0.15) is 5.10 Å². The second-order valence-corrected chi connectivity index (χ2v) is 5.33. The van der Waals surface area contributed by atoms with Gasteiger partial charge in [-0.05, 0) is 38.3 Å². The van der Waals surface area contributed by atoms with Crippen LogP contribution in [0.2, 0.25) is 0 Å². The van der Waals surface area contributed by atoms with Crippen LogP contribution in [0.5, 0.6) is 0 Å². The van der Waals surface area contributed by atoms with Gasteiger partial charge < -0.3 is 4.90 Å². The van der Waals surface area contributed by atoms with E-state index in [9.17, 15) is 4.79 Å². The molecule has 5 heteroatoms. The second kappa shape index (κ2) is 5.07. The zero-order valence-corrected chi connectivity index (χ0v) is 11.8. The summed E-state index contributed by atoms with van der Waals surface area (Å²) in [4.78, 5) is 18.8. The van der Waals surface area contributed by atoms with Crippen molar-refractivity contribution in [3.8, 4) is 0 Å². The van der Waals surface area contributed by atoms with Crippen molar-refractivity contribution in [3.05, 3.63) is 47.0 Å². The van der Waals surface area contributed by atoms with E-state index in [2.05, 4.69) is 15.2 Å². The predicted octanol–water partition coefficient (Wildman–Crippen LogP) is 2.23. The minimum Gasteiger partial charge on any atom is -0.331 e. The molecule has 0 bridgehead atoms. The Morgan fingerprint density at radius 2 is 2.25 bits per heavy atom. The molecule has 2 heterocycles. The number of aryl methyl sites for hydroxylation is 2. The Labute approximate surface area is 118 Å². The Morgan fingerprint density at radius 1 is 1.45 bits per heavy atom. The van der Waals surface area contributed by atoms with Crippen molar-refractivity contribution in [2.24, 2.45) is 0 Å². The van der Waals surface area contributed by atoms with E-state index in [0.717, 1.165) is 29.8 Å². The number of rotatable bonds is 4. The van der Waals surface area contributed by atoms with Gasteiger partial charge in [0, 0.05) is 30.7 Å². The average Bonchev–Trinajstić information content (AvgIpc) is 3.23. The number of hydrogen-bond donors (Lipinski definition) is 1. The van der Waals surface area contributed by atoms with Gasteiger partial charge in [-0.15, -0.1) is 0 Å². The molecule has 0 aromatic carbocycles. The second-order valence-electron chi connectivity index (χ2n) is 5.33. The number of amides is 1. The number of hydrogen-bond acceptors (Lipinski definition) is 3. The third-order valence-corrected chi connectivity index (χ3v) is 3.67. The molecule has 20 heavy (non-hydrogen) atoms. The normalized spacial score (nSPS) is 14.3. The van der Waals surface area contributed by atoms with Crippen LogP contribution in [0.15, 0.2) is 24.5 Å². The van der Waals surface area contributed by atoms with Crippen LogP contribution in [0, 0.1) is 13.8 Å². The Morgan fingerprint density at radius 3 is 2.80 bits per heavy atom. The zero-order chi connectivity index (χ0) is 14.1. The summed E-state index contributed by atoms with van der Waals surface area (Å²) in [6.45, 7) is 4.37. The van der Waals surface area contributed by atoms with Gasteiger partial charge in [-0.25, -0.2) is 0 Å². The van der Waals surface area contributed by atoms with Gasteiger partial charge in [0.15, 0.2) is 0 Å². The van der Waals surface area contributed by atoms with E-state index < -0.39 is 0 Å². The summed E-state index contributed by atoms with van der Waals surface area (Å²) in [6.07, 6.45) is 5.73. The van der Waals surface area contributed by atoms with Gasteiger partial charge in [0.2, 0.25) is 0 Å². The van der Waals surface area contributed by atoms with Crippen LogP contribution in [0.1, 0.15) is 40.2 Å². The molecule has 0 saturated heterocycles. The lowest BCUT2D eigenvalue weighted by Crippen LogP contribution is -2.33.